The van der Waals surface area contributed by atoms with Crippen LogP contribution in [0.4, 0.5) is 5.69 Å². The van der Waals surface area contributed by atoms with Gasteiger partial charge in [0.25, 0.3) is 0 Å². The second-order valence-corrected chi connectivity index (χ2v) is 6.82. The summed E-state index contributed by atoms with van der Waals surface area (Å²) in [5, 5.41) is 0. The van der Waals surface area contributed by atoms with Crippen molar-refractivity contribution in [2.24, 2.45) is 0 Å². The van der Waals surface area contributed by atoms with Crippen LogP contribution in [-0.4, -0.2) is 25.0 Å². The highest BCUT2D eigenvalue weighted by atomic mass is 16.5. The fourth-order valence-electron chi connectivity index (χ4n) is 3.77. The quantitative estimate of drug-likeness (QED) is 0.769. The van der Waals surface area contributed by atoms with Crippen molar-refractivity contribution in [3.8, 4) is 5.75 Å². The Bertz CT molecular complexity index is 536. The molecule has 0 fully saturated rings. The molecule has 0 unspecified atom stereocenters. The molecule has 0 aliphatic carbocycles. The van der Waals surface area contributed by atoms with Gasteiger partial charge in [-0.2, -0.15) is 0 Å². The summed E-state index contributed by atoms with van der Waals surface area (Å²) < 4.78 is 5.62. The van der Waals surface area contributed by atoms with Crippen molar-refractivity contribution in [2.45, 2.75) is 65.0 Å². The molecule has 0 spiro atoms. The summed E-state index contributed by atoms with van der Waals surface area (Å²) in [5.74, 6) is 1.23. The van der Waals surface area contributed by atoms with Gasteiger partial charge in [-0.25, -0.2) is 0 Å². The van der Waals surface area contributed by atoms with E-state index in [-0.39, 0.29) is 5.54 Å². The third-order valence-corrected chi connectivity index (χ3v) is 4.74. The Morgan fingerprint density at radius 2 is 2.14 bits per heavy atom. The maximum Gasteiger partial charge on any atom is 0.150 e. The van der Waals surface area contributed by atoms with Gasteiger partial charge in [-0.3, -0.25) is 4.79 Å². The SMILES string of the molecule is CC[C@H](C)N1c2c(OC)cc(C=O)cc2[C@H](C)CC1(C)C. The first kappa shape index (κ1) is 15.9. The van der Waals surface area contributed by atoms with Crippen LogP contribution < -0.4 is 9.64 Å². The molecule has 3 nitrogen and oxygen atoms in total. The lowest BCUT2D eigenvalue weighted by Gasteiger charge is -2.51. The van der Waals surface area contributed by atoms with E-state index in [1.807, 2.05) is 12.1 Å². The molecule has 0 N–H and O–H groups in total. The smallest absolute Gasteiger partial charge is 0.150 e. The number of methoxy groups -OCH3 is 1. The van der Waals surface area contributed by atoms with Gasteiger partial charge in [0.2, 0.25) is 0 Å². The molecule has 0 saturated heterocycles. The van der Waals surface area contributed by atoms with E-state index in [9.17, 15) is 4.79 Å². The van der Waals surface area contributed by atoms with Gasteiger partial charge < -0.3 is 9.64 Å². The maximum absolute atomic E-state index is 11.2. The van der Waals surface area contributed by atoms with E-state index in [2.05, 4.69) is 39.5 Å². The highest BCUT2D eigenvalue weighted by molar-refractivity contribution is 5.81. The van der Waals surface area contributed by atoms with Crippen LogP contribution in [0, 0.1) is 0 Å². The number of fused-ring (bicyclic) bond motifs is 1. The largest absolute Gasteiger partial charge is 0.495 e. The third kappa shape index (κ3) is 2.66. The summed E-state index contributed by atoms with van der Waals surface area (Å²) in [6, 6.07) is 4.32. The average Bonchev–Trinajstić information content (AvgIpc) is 2.45. The molecule has 116 valence electrons. The molecule has 0 aromatic heterocycles. The van der Waals surface area contributed by atoms with Crippen LogP contribution in [0.25, 0.3) is 0 Å². The van der Waals surface area contributed by atoms with E-state index in [0.717, 1.165) is 24.9 Å². The molecule has 1 heterocycles. The Morgan fingerprint density at radius 3 is 2.67 bits per heavy atom. The maximum atomic E-state index is 11.2. The summed E-state index contributed by atoms with van der Waals surface area (Å²) >= 11 is 0. The predicted octanol–water partition coefficient (Wildman–Crippen LogP) is 4.40. The standard InChI is InChI=1S/C18H27NO2/c1-7-13(3)19-17-15(12(2)10-18(19,4)5)8-14(11-20)9-16(17)21-6/h8-9,11-13H,7,10H2,1-6H3/t12-,13+/m1/s1. The van der Waals surface area contributed by atoms with Gasteiger partial charge in [-0.05, 0) is 57.2 Å². The third-order valence-electron chi connectivity index (χ3n) is 4.74. The Labute approximate surface area is 128 Å². The second kappa shape index (κ2) is 5.70. The van der Waals surface area contributed by atoms with E-state index in [1.54, 1.807) is 7.11 Å². The molecule has 2 rings (SSSR count). The molecular formula is C18H27NO2. The predicted molar refractivity (Wildman–Crippen MR) is 87.7 cm³/mol. The Morgan fingerprint density at radius 1 is 1.48 bits per heavy atom. The first-order valence-corrected chi connectivity index (χ1v) is 7.82. The van der Waals surface area contributed by atoms with Gasteiger partial charge in [0.15, 0.2) is 0 Å². The van der Waals surface area contributed by atoms with E-state index in [1.165, 1.54) is 11.3 Å². The summed E-state index contributed by atoms with van der Waals surface area (Å²) in [4.78, 5) is 13.7. The lowest BCUT2D eigenvalue weighted by Crippen LogP contribution is -2.52. The minimum atomic E-state index is 0.0812. The van der Waals surface area contributed by atoms with Crippen LogP contribution in [0.1, 0.15) is 69.3 Å². The molecule has 0 saturated carbocycles. The van der Waals surface area contributed by atoms with Crippen LogP contribution in [0.3, 0.4) is 0 Å². The molecule has 0 radical (unpaired) electrons. The minimum Gasteiger partial charge on any atom is -0.495 e. The lowest BCUT2D eigenvalue weighted by molar-refractivity contribution is 0.112. The molecule has 2 atom stereocenters. The number of nitrogens with zero attached hydrogens (tertiary/aromatic N) is 1. The molecule has 0 bridgehead atoms. The van der Waals surface area contributed by atoms with Crippen molar-refractivity contribution in [3.05, 3.63) is 23.3 Å². The zero-order valence-electron chi connectivity index (χ0n) is 14.1. The number of rotatable bonds is 4. The number of carbonyl (C=O) groups excluding carboxylic acids is 1. The molecule has 1 aliphatic heterocycles. The van der Waals surface area contributed by atoms with E-state index >= 15 is 0 Å². The van der Waals surface area contributed by atoms with Crippen LogP contribution in [0.15, 0.2) is 12.1 Å². The van der Waals surface area contributed by atoms with Gasteiger partial charge in [0.05, 0.1) is 12.8 Å². The van der Waals surface area contributed by atoms with Gasteiger partial charge in [-0.1, -0.05) is 13.8 Å². The first-order chi connectivity index (χ1) is 9.85. The van der Waals surface area contributed by atoms with Gasteiger partial charge in [0.1, 0.15) is 12.0 Å². The summed E-state index contributed by atoms with van der Waals surface area (Å²) in [5.41, 5.74) is 3.18. The number of hydrogen-bond acceptors (Lipinski definition) is 3. The van der Waals surface area contributed by atoms with Crippen molar-refractivity contribution in [1.29, 1.82) is 0 Å². The van der Waals surface area contributed by atoms with Crippen molar-refractivity contribution in [1.82, 2.24) is 0 Å². The van der Waals surface area contributed by atoms with Gasteiger partial charge in [-0.15, -0.1) is 0 Å². The molecule has 21 heavy (non-hydrogen) atoms. The highest BCUT2D eigenvalue weighted by Crippen LogP contribution is 2.49. The van der Waals surface area contributed by atoms with E-state index < -0.39 is 0 Å². The topological polar surface area (TPSA) is 29.5 Å². The number of carbonyl (C=O) groups is 1. The lowest BCUT2D eigenvalue weighted by atomic mass is 9.78. The fourth-order valence-corrected chi connectivity index (χ4v) is 3.77. The van der Waals surface area contributed by atoms with E-state index in [0.29, 0.717) is 17.5 Å². The molecular weight excluding hydrogens is 262 g/mol. The Balaban J connectivity index is 2.71. The Hall–Kier alpha value is -1.51. The molecule has 0 amide bonds. The van der Waals surface area contributed by atoms with Crippen LogP contribution in [-0.2, 0) is 0 Å². The van der Waals surface area contributed by atoms with Crippen LogP contribution >= 0.6 is 0 Å². The second-order valence-electron chi connectivity index (χ2n) is 6.82. The summed E-state index contributed by atoms with van der Waals surface area (Å²) in [6.07, 6.45) is 3.06. The minimum absolute atomic E-state index is 0.0812. The number of aldehydes is 1. The normalized spacial score (nSPS) is 21.6. The van der Waals surface area contributed by atoms with Gasteiger partial charge in [0, 0.05) is 17.1 Å². The molecule has 1 aromatic rings. The summed E-state index contributed by atoms with van der Waals surface area (Å²) in [6.45, 7) is 11.3. The molecule has 1 aliphatic rings. The first-order valence-electron chi connectivity index (χ1n) is 7.82. The zero-order valence-corrected chi connectivity index (χ0v) is 14.1. The monoisotopic (exact) mass is 289 g/mol. The van der Waals surface area contributed by atoms with Crippen LogP contribution in [0.5, 0.6) is 5.75 Å². The summed E-state index contributed by atoms with van der Waals surface area (Å²) in [7, 11) is 1.69. The van der Waals surface area contributed by atoms with Crippen molar-refractivity contribution in [2.75, 3.05) is 12.0 Å². The molecule has 3 heteroatoms. The van der Waals surface area contributed by atoms with E-state index in [4.69, 9.17) is 4.74 Å². The molecule has 1 aromatic carbocycles. The Kier molecular flexibility index (Phi) is 4.31. The fraction of sp³-hybridized carbons (Fsp3) is 0.611. The van der Waals surface area contributed by atoms with Gasteiger partial charge >= 0.3 is 0 Å². The number of ether oxygens (including phenoxy) is 1. The number of anilines is 1. The van der Waals surface area contributed by atoms with Crippen molar-refractivity contribution < 1.29 is 9.53 Å². The zero-order chi connectivity index (χ0) is 15.8. The highest BCUT2D eigenvalue weighted by Gasteiger charge is 2.40. The number of hydrogen-bond donors (Lipinski definition) is 0. The van der Waals surface area contributed by atoms with Crippen LogP contribution in [0.2, 0.25) is 0 Å². The average molecular weight is 289 g/mol. The number of benzene rings is 1. The van der Waals surface area contributed by atoms with Crippen molar-refractivity contribution >= 4 is 12.0 Å². The van der Waals surface area contributed by atoms with Crippen molar-refractivity contribution in [3.63, 3.8) is 0 Å².